The molecule has 1 N–H and O–H groups in total. The Kier molecular flexibility index (Phi) is 3.79. The summed E-state index contributed by atoms with van der Waals surface area (Å²) < 4.78 is 10.8. The number of aliphatic imine (C=N–C) groups is 1. The zero-order valence-corrected chi connectivity index (χ0v) is 13.3. The van der Waals surface area contributed by atoms with Gasteiger partial charge in [0.05, 0.1) is 31.8 Å². The number of ether oxygens (including phenoxy) is 2. The van der Waals surface area contributed by atoms with Crippen LogP contribution < -0.4 is 10.2 Å². The largest absolute Gasteiger partial charge is 0.500 e. The summed E-state index contributed by atoms with van der Waals surface area (Å²) in [5, 5.41) is 3.43. The van der Waals surface area contributed by atoms with Gasteiger partial charge in [-0.1, -0.05) is 0 Å². The number of fused-ring (bicyclic) bond motifs is 1. The Labute approximate surface area is 136 Å². The molecule has 1 fully saturated rings. The highest BCUT2D eigenvalue weighted by atomic mass is 16.5. The molecule has 1 aromatic rings. The van der Waals surface area contributed by atoms with Crippen LogP contribution in [0.3, 0.4) is 0 Å². The smallest absolute Gasteiger partial charge is 0.131 e. The summed E-state index contributed by atoms with van der Waals surface area (Å²) in [5.74, 6) is 0.888. The van der Waals surface area contributed by atoms with Crippen molar-refractivity contribution < 1.29 is 9.47 Å². The molecule has 3 aliphatic heterocycles. The molecular weight excluding hydrogens is 290 g/mol. The molecule has 0 bridgehead atoms. The molecule has 0 radical (unpaired) electrons. The van der Waals surface area contributed by atoms with Crippen molar-refractivity contribution in [3.63, 3.8) is 0 Å². The molecule has 0 atom stereocenters. The maximum Gasteiger partial charge on any atom is 0.131 e. The van der Waals surface area contributed by atoms with Crippen molar-refractivity contribution in [1.29, 1.82) is 0 Å². The minimum Gasteiger partial charge on any atom is -0.500 e. The third-order valence-electron chi connectivity index (χ3n) is 4.40. The Hall–Kier alpha value is -2.27. The second kappa shape index (κ2) is 6.08. The average molecular weight is 311 g/mol. The molecule has 0 saturated carbocycles. The van der Waals surface area contributed by atoms with Crippen molar-refractivity contribution >= 4 is 17.1 Å². The van der Waals surface area contributed by atoms with Crippen LogP contribution in [0.15, 0.2) is 46.9 Å². The van der Waals surface area contributed by atoms with E-state index < -0.39 is 0 Å². The Balaban J connectivity index is 1.51. The first kappa shape index (κ1) is 14.3. The van der Waals surface area contributed by atoms with E-state index in [1.807, 2.05) is 6.08 Å². The number of morpholine rings is 1. The maximum atomic E-state index is 5.42. The number of anilines is 2. The highest BCUT2D eigenvalue weighted by molar-refractivity contribution is 6.06. The van der Waals surface area contributed by atoms with Gasteiger partial charge in [0.2, 0.25) is 0 Å². The van der Waals surface area contributed by atoms with E-state index in [0.29, 0.717) is 0 Å². The van der Waals surface area contributed by atoms with E-state index in [2.05, 4.69) is 40.3 Å². The molecule has 23 heavy (non-hydrogen) atoms. The fourth-order valence-electron chi connectivity index (χ4n) is 3.09. The lowest BCUT2D eigenvalue weighted by Gasteiger charge is -2.29. The lowest BCUT2D eigenvalue weighted by Crippen LogP contribution is -2.36. The number of aryl methyl sites for hydroxylation is 1. The molecule has 3 heterocycles. The Morgan fingerprint density at radius 1 is 1.17 bits per heavy atom. The summed E-state index contributed by atoms with van der Waals surface area (Å²) in [5.41, 5.74) is 5.77. The lowest BCUT2D eigenvalue weighted by atomic mass is 10.1. The zero-order valence-electron chi connectivity index (χ0n) is 13.3. The van der Waals surface area contributed by atoms with E-state index in [9.17, 15) is 0 Å². The average Bonchev–Trinajstić information content (AvgIpc) is 3.00. The van der Waals surface area contributed by atoms with Crippen molar-refractivity contribution in [2.75, 3.05) is 43.1 Å². The van der Waals surface area contributed by atoms with Crippen LogP contribution in [0.1, 0.15) is 12.0 Å². The second-order valence-electron chi connectivity index (χ2n) is 6.01. The fraction of sp³-hybridized carbons (Fsp3) is 0.389. The van der Waals surface area contributed by atoms with Crippen LogP contribution in [0, 0.1) is 6.92 Å². The Bertz CT molecular complexity index is 700. The topological polar surface area (TPSA) is 46.1 Å². The summed E-state index contributed by atoms with van der Waals surface area (Å²) in [7, 11) is 0. The SMILES string of the molecule is Cc1cc(N2CCOCC2)ccc1NC1=CC2=COCCC2=N1. The molecule has 3 aliphatic rings. The van der Waals surface area contributed by atoms with Crippen molar-refractivity contribution in [2.45, 2.75) is 13.3 Å². The van der Waals surface area contributed by atoms with Gasteiger partial charge in [-0.05, 0) is 36.8 Å². The summed E-state index contributed by atoms with van der Waals surface area (Å²) >= 11 is 0. The van der Waals surface area contributed by atoms with Crippen molar-refractivity contribution in [1.82, 2.24) is 0 Å². The van der Waals surface area contributed by atoms with Crippen molar-refractivity contribution in [2.24, 2.45) is 4.99 Å². The summed E-state index contributed by atoms with van der Waals surface area (Å²) in [4.78, 5) is 7.02. The predicted molar refractivity (Wildman–Crippen MR) is 92.0 cm³/mol. The molecule has 5 heteroatoms. The van der Waals surface area contributed by atoms with Crippen LogP contribution in [0.2, 0.25) is 0 Å². The highest BCUT2D eigenvalue weighted by Crippen LogP contribution is 2.27. The van der Waals surface area contributed by atoms with Crippen LogP contribution in [0.25, 0.3) is 0 Å². The van der Waals surface area contributed by atoms with E-state index in [-0.39, 0.29) is 0 Å². The molecule has 0 spiro atoms. The number of benzene rings is 1. The van der Waals surface area contributed by atoms with Gasteiger partial charge < -0.3 is 19.7 Å². The van der Waals surface area contributed by atoms with Crippen LogP contribution >= 0.6 is 0 Å². The first-order valence-electron chi connectivity index (χ1n) is 8.11. The molecule has 0 aromatic heterocycles. The molecule has 120 valence electrons. The first-order chi connectivity index (χ1) is 11.3. The van der Waals surface area contributed by atoms with Crippen LogP contribution in [0.4, 0.5) is 11.4 Å². The highest BCUT2D eigenvalue weighted by Gasteiger charge is 2.18. The quantitative estimate of drug-likeness (QED) is 0.932. The van der Waals surface area contributed by atoms with Gasteiger partial charge in [-0.3, -0.25) is 0 Å². The monoisotopic (exact) mass is 311 g/mol. The first-order valence-corrected chi connectivity index (χ1v) is 8.11. The molecule has 1 saturated heterocycles. The van der Waals surface area contributed by atoms with Gasteiger partial charge in [-0.15, -0.1) is 0 Å². The molecule has 0 unspecified atom stereocenters. The number of hydrogen-bond acceptors (Lipinski definition) is 5. The molecular formula is C18H21N3O2. The normalized spacial score (nSPS) is 20.2. The standard InChI is InChI=1S/C18H21N3O2/c1-13-10-15(21-5-8-22-9-6-21)2-3-16(13)19-18-11-14-12-23-7-4-17(14)20-18/h2-3,10-12,19H,4-9H2,1H3. The minimum atomic E-state index is 0.719. The zero-order chi connectivity index (χ0) is 15.6. The molecule has 1 aromatic carbocycles. The van der Waals surface area contributed by atoms with Crippen molar-refractivity contribution in [3.05, 3.63) is 47.5 Å². The molecule has 4 rings (SSSR count). The third-order valence-corrected chi connectivity index (χ3v) is 4.40. The van der Waals surface area contributed by atoms with Gasteiger partial charge in [0, 0.05) is 36.5 Å². The Morgan fingerprint density at radius 2 is 2.04 bits per heavy atom. The lowest BCUT2D eigenvalue weighted by molar-refractivity contribution is 0.122. The van der Waals surface area contributed by atoms with E-state index in [4.69, 9.17) is 9.47 Å². The van der Waals surface area contributed by atoms with Crippen molar-refractivity contribution in [3.8, 4) is 0 Å². The van der Waals surface area contributed by atoms with E-state index in [1.165, 1.54) is 11.3 Å². The number of allylic oxidation sites excluding steroid dienone is 2. The number of nitrogens with one attached hydrogen (secondary N) is 1. The maximum absolute atomic E-state index is 5.42. The van der Waals surface area contributed by atoms with Gasteiger partial charge in [0.1, 0.15) is 5.82 Å². The number of nitrogens with zero attached hydrogens (tertiary/aromatic N) is 2. The number of rotatable bonds is 3. The second-order valence-corrected chi connectivity index (χ2v) is 6.01. The molecule has 0 amide bonds. The van der Waals surface area contributed by atoms with Gasteiger partial charge in [0.15, 0.2) is 0 Å². The van der Waals surface area contributed by atoms with Crippen LogP contribution in [-0.2, 0) is 9.47 Å². The molecule has 5 nitrogen and oxygen atoms in total. The van der Waals surface area contributed by atoms with Gasteiger partial charge >= 0.3 is 0 Å². The van der Waals surface area contributed by atoms with E-state index >= 15 is 0 Å². The van der Waals surface area contributed by atoms with Crippen LogP contribution in [-0.4, -0.2) is 38.6 Å². The van der Waals surface area contributed by atoms with Gasteiger partial charge in [0.25, 0.3) is 0 Å². The Morgan fingerprint density at radius 3 is 2.83 bits per heavy atom. The van der Waals surface area contributed by atoms with E-state index in [1.54, 1.807) is 6.26 Å². The predicted octanol–water partition coefficient (Wildman–Crippen LogP) is 2.84. The minimum absolute atomic E-state index is 0.719. The summed E-state index contributed by atoms with van der Waals surface area (Å²) in [6.45, 7) is 6.38. The number of hydrogen-bond donors (Lipinski definition) is 1. The molecule has 0 aliphatic carbocycles. The van der Waals surface area contributed by atoms with Gasteiger partial charge in [-0.2, -0.15) is 0 Å². The summed E-state index contributed by atoms with van der Waals surface area (Å²) in [6.07, 6.45) is 4.72. The third kappa shape index (κ3) is 2.97. The fourth-order valence-corrected chi connectivity index (χ4v) is 3.09. The van der Waals surface area contributed by atoms with E-state index in [0.717, 1.165) is 62.1 Å². The van der Waals surface area contributed by atoms with Crippen LogP contribution in [0.5, 0.6) is 0 Å². The summed E-state index contributed by atoms with van der Waals surface area (Å²) in [6, 6.07) is 6.53. The van der Waals surface area contributed by atoms with Gasteiger partial charge in [-0.25, -0.2) is 4.99 Å².